The minimum absolute atomic E-state index is 0.0517. The van der Waals surface area contributed by atoms with Gasteiger partial charge >= 0.3 is 6.18 Å². The van der Waals surface area contributed by atoms with Crippen LogP contribution in [0.25, 0.3) is 27.7 Å². The molecule has 37 heavy (non-hydrogen) atoms. The van der Waals surface area contributed by atoms with E-state index in [0.717, 1.165) is 63.9 Å². The van der Waals surface area contributed by atoms with E-state index in [1.165, 1.54) is 6.07 Å². The van der Waals surface area contributed by atoms with Gasteiger partial charge < -0.3 is 9.80 Å². The Morgan fingerprint density at radius 1 is 0.946 bits per heavy atom. The van der Waals surface area contributed by atoms with E-state index in [4.69, 9.17) is 4.98 Å². The normalized spacial score (nSPS) is 18.8. The zero-order chi connectivity index (χ0) is 25.7. The quantitative estimate of drug-likeness (QED) is 0.406. The summed E-state index contributed by atoms with van der Waals surface area (Å²) in [5.41, 5.74) is 2.69. The van der Waals surface area contributed by atoms with Gasteiger partial charge in [0.05, 0.1) is 35.4 Å². The Hall–Kier alpha value is -3.24. The van der Waals surface area contributed by atoms with Gasteiger partial charge in [0.25, 0.3) is 0 Å². The monoisotopic (exact) mass is 509 g/mol. The number of pyridine rings is 1. The van der Waals surface area contributed by atoms with Crippen LogP contribution in [-0.4, -0.2) is 81.7 Å². The Bertz CT molecular complexity index is 1430. The van der Waals surface area contributed by atoms with Crippen LogP contribution in [0.4, 0.5) is 18.9 Å². The van der Waals surface area contributed by atoms with E-state index in [1.54, 1.807) is 29.8 Å². The Morgan fingerprint density at radius 2 is 1.70 bits per heavy atom. The maximum Gasteiger partial charge on any atom is 0.418 e. The zero-order valence-corrected chi connectivity index (χ0v) is 21.0. The van der Waals surface area contributed by atoms with Gasteiger partial charge in [0, 0.05) is 62.0 Å². The Balaban J connectivity index is 1.28. The highest BCUT2D eigenvalue weighted by Crippen LogP contribution is 2.38. The lowest BCUT2D eigenvalue weighted by atomic mass is 9.99. The molecule has 2 aliphatic rings. The van der Waals surface area contributed by atoms with Gasteiger partial charge in [-0.3, -0.25) is 9.88 Å². The molecule has 0 amide bonds. The van der Waals surface area contributed by atoms with E-state index in [0.29, 0.717) is 33.9 Å². The highest BCUT2D eigenvalue weighted by atomic mass is 19.4. The number of hydrogen-bond acceptors (Lipinski definition) is 6. The molecule has 7 nitrogen and oxygen atoms in total. The molecule has 0 atom stereocenters. The molecule has 194 valence electrons. The van der Waals surface area contributed by atoms with Gasteiger partial charge in [-0.1, -0.05) is 12.1 Å². The van der Waals surface area contributed by atoms with E-state index < -0.39 is 11.7 Å². The van der Waals surface area contributed by atoms with Crippen molar-refractivity contribution in [1.29, 1.82) is 0 Å². The summed E-state index contributed by atoms with van der Waals surface area (Å²) in [6.07, 6.45) is 3.27. The molecule has 10 heteroatoms. The third-order valence-electron chi connectivity index (χ3n) is 7.79. The van der Waals surface area contributed by atoms with Crippen molar-refractivity contribution in [1.82, 2.24) is 29.4 Å². The number of piperidine rings is 1. The largest absolute Gasteiger partial charge is 0.418 e. The predicted molar refractivity (Wildman–Crippen MR) is 138 cm³/mol. The van der Waals surface area contributed by atoms with Crippen LogP contribution >= 0.6 is 0 Å². The number of piperazine rings is 1. The van der Waals surface area contributed by atoms with E-state index in [9.17, 15) is 13.2 Å². The first-order valence-electron chi connectivity index (χ1n) is 12.8. The number of para-hydroxylation sites is 1. The fourth-order valence-corrected chi connectivity index (χ4v) is 5.72. The van der Waals surface area contributed by atoms with Crippen LogP contribution in [0.2, 0.25) is 0 Å². The number of alkyl halides is 3. The molecule has 0 bridgehead atoms. The van der Waals surface area contributed by atoms with Gasteiger partial charge in [-0.05, 0) is 44.5 Å². The van der Waals surface area contributed by atoms with Gasteiger partial charge in [0.2, 0.25) is 0 Å². The molecule has 3 aromatic heterocycles. The van der Waals surface area contributed by atoms with Crippen LogP contribution in [0.1, 0.15) is 24.1 Å². The first-order valence-corrected chi connectivity index (χ1v) is 12.8. The topological polar surface area (TPSA) is 52.8 Å². The van der Waals surface area contributed by atoms with Crippen LogP contribution in [0, 0.1) is 6.92 Å². The number of halogens is 3. The first kappa shape index (κ1) is 24.1. The lowest BCUT2D eigenvalue weighted by Gasteiger charge is -2.42. The standard InChI is InChI=1S/C27H30F3N7/c1-18-14-22(21-4-3-5-24(25(21)33-18)27(28,29)30)23-16-32-37-17-20(15-31-26(23)37)35-8-6-19(7-9-35)36-12-10-34(2)11-13-36/h3-5,14-17,19H,6-13H2,1-2H3. The average Bonchev–Trinajstić information content (AvgIpc) is 3.31. The number of aryl methyl sites for hydroxylation is 1. The number of anilines is 1. The predicted octanol–water partition coefficient (Wildman–Crippen LogP) is 4.49. The van der Waals surface area contributed by atoms with Crippen molar-refractivity contribution in [2.24, 2.45) is 0 Å². The second-order valence-corrected chi connectivity index (χ2v) is 10.2. The van der Waals surface area contributed by atoms with Gasteiger partial charge in [-0.2, -0.15) is 18.3 Å². The summed E-state index contributed by atoms with van der Waals surface area (Å²) >= 11 is 0. The molecule has 1 aromatic carbocycles. The van der Waals surface area contributed by atoms with Gasteiger partial charge in [-0.25, -0.2) is 9.50 Å². The summed E-state index contributed by atoms with van der Waals surface area (Å²) in [5, 5.41) is 4.96. The third-order valence-corrected chi connectivity index (χ3v) is 7.79. The van der Waals surface area contributed by atoms with Gasteiger partial charge in [0.15, 0.2) is 5.65 Å². The summed E-state index contributed by atoms with van der Waals surface area (Å²) in [6.45, 7) is 8.17. The molecule has 5 heterocycles. The summed E-state index contributed by atoms with van der Waals surface area (Å²) in [6, 6.07) is 6.61. The van der Waals surface area contributed by atoms with Crippen molar-refractivity contribution in [3.05, 3.63) is 54.1 Å². The fraction of sp³-hybridized carbons (Fsp3) is 0.444. The van der Waals surface area contributed by atoms with Crippen LogP contribution in [0.5, 0.6) is 0 Å². The second kappa shape index (κ2) is 9.25. The van der Waals surface area contributed by atoms with Crippen molar-refractivity contribution < 1.29 is 13.2 Å². The van der Waals surface area contributed by atoms with Gasteiger partial charge in [-0.15, -0.1) is 0 Å². The maximum absolute atomic E-state index is 13.7. The molecule has 6 rings (SSSR count). The number of fused-ring (bicyclic) bond motifs is 2. The number of benzene rings is 1. The van der Waals surface area contributed by atoms with Gasteiger partial charge in [0.1, 0.15) is 0 Å². The highest BCUT2D eigenvalue weighted by Gasteiger charge is 2.34. The fourth-order valence-electron chi connectivity index (χ4n) is 5.72. The van der Waals surface area contributed by atoms with Crippen molar-refractivity contribution in [2.45, 2.75) is 32.0 Å². The number of aromatic nitrogens is 4. The molecule has 4 aromatic rings. The average molecular weight is 510 g/mol. The van der Waals surface area contributed by atoms with Crippen LogP contribution in [0.15, 0.2) is 42.9 Å². The van der Waals surface area contributed by atoms with E-state index in [-0.39, 0.29) is 5.52 Å². The van der Waals surface area contributed by atoms with Crippen molar-refractivity contribution in [2.75, 3.05) is 51.2 Å². The summed E-state index contributed by atoms with van der Waals surface area (Å²) in [7, 11) is 2.18. The molecule has 2 aliphatic heterocycles. The minimum atomic E-state index is -4.48. The lowest BCUT2D eigenvalue weighted by molar-refractivity contribution is -0.136. The number of nitrogens with zero attached hydrogens (tertiary/aromatic N) is 7. The highest BCUT2D eigenvalue weighted by molar-refractivity contribution is 5.99. The summed E-state index contributed by atoms with van der Waals surface area (Å²) in [4.78, 5) is 16.3. The molecule has 2 fully saturated rings. The number of rotatable bonds is 3. The molecule has 0 unspecified atom stereocenters. The first-order chi connectivity index (χ1) is 17.8. The Morgan fingerprint density at radius 3 is 2.43 bits per heavy atom. The van der Waals surface area contributed by atoms with E-state index in [1.807, 2.05) is 12.4 Å². The number of likely N-dealkylation sites (N-methyl/N-ethyl adjacent to an activating group) is 1. The minimum Gasteiger partial charge on any atom is -0.369 e. The Kier molecular flexibility index (Phi) is 6.03. The molecule has 0 N–H and O–H groups in total. The summed E-state index contributed by atoms with van der Waals surface area (Å²) in [5.74, 6) is 0. The molecular formula is C27H30F3N7. The Labute approximate surface area is 213 Å². The summed E-state index contributed by atoms with van der Waals surface area (Å²) < 4.78 is 42.7. The number of hydrogen-bond donors (Lipinski definition) is 0. The maximum atomic E-state index is 13.7. The van der Waals surface area contributed by atoms with Crippen molar-refractivity contribution in [3.8, 4) is 11.1 Å². The molecule has 0 spiro atoms. The molecular weight excluding hydrogens is 479 g/mol. The lowest BCUT2D eigenvalue weighted by Crippen LogP contribution is -2.52. The van der Waals surface area contributed by atoms with Crippen LogP contribution < -0.4 is 4.90 Å². The van der Waals surface area contributed by atoms with Crippen molar-refractivity contribution in [3.63, 3.8) is 0 Å². The van der Waals surface area contributed by atoms with E-state index in [2.05, 4.69) is 31.8 Å². The molecule has 0 radical (unpaired) electrons. The SMILES string of the molecule is Cc1cc(-c2cnn3cc(N4CCC(N5CCN(C)CC5)CC4)cnc23)c2cccc(C(F)(F)F)c2n1. The molecule has 0 saturated carbocycles. The second-order valence-electron chi connectivity index (χ2n) is 10.2. The van der Waals surface area contributed by atoms with Crippen LogP contribution in [-0.2, 0) is 6.18 Å². The molecule has 0 aliphatic carbocycles. The smallest absolute Gasteiger partial charge is 0.369 e. The van der Waals surface area contributed by atoms with Crippen LogP contribution in [0.3, 0.4) is 0 Å². The van der Waals surface area contributed by atoms with Crippen molar-refractivity contribution >= 4 is 22.2 Å². The zero-order valence-electron chi connectivity index (χ0n) is 21.0. The third kappa shape index (κ3) is 4.53. The molecule has 2 saturated heterocycles. The van der Waals surface area contributed by atoms with E-state index >= 15 is 0 Å².